The second kappa shape index (κ2) is 6.47. The number of carbonyl (C=O) groups is 1. The van der Waals surface area contributed by atoms with Crippen LogP contribution in [-0.4, -0.2) is 43.3 Å². The monoisotopic (exact) mass is 361 g/mol. The molecule has 1 atom stereocenters. The molecule has 130 valence electrons. The van der Waals surface area contributed by atoms with E-state index in [1.165, 1.54) is 23.9 Å². The topological polar surface area (TPSA) is 87.9 Å². The minimum Gasteiger partial charge on any atom is -0.416 e. The number of halogens is 1. The third-order valence-electron chi connectivity index (χ3n) is 4.18. The number of likely N-dealkylation sites (tertiary alicyclic amines) is 1. The number of hydrogen-bond donors (Lipinski definition) is 1. The number of fused-ring (bicyclic) bond motifs is 1. The molecule has 0 unspecified atom stereocenters. The van der Waals surface area contributed by atoms with Gasteiger partial charge in [0, 0.05) is 13.5 Å². The Kier molecular flexibility index (Phi) is 4.16. The van der Waals surface area contributed by atoms with Gasteiger partial charge >= 0.3 is 0 Å². The zero-order valence-electron chi connectivity index (χ0n) is 13.5. The van der Waals surface area contributed by atoms with Gasteiger partial charge in [-0.05, 0) is 31.0 Å². The number of hydrogen-bond acceptors (Lipinski definition) is 6. The van der Waals surface area contributed by atoms with Crippen LogP contribution in [0.2, 0.25) is 0 Å². The zero-order valence-corrected chi connectivity index (χ0v) is 14.3. The van der Waals surface area contributed by atoms with Gasteiger partial charge in [-0.1, -0.05) is 11.8 Å². The average molecular weight is 361 g/mol. The normalized spacial score (nSPS) is 17.5. The number of H-pyrrole nitrogens is 1. The Balaban J connectivity index is 1.49. The number of thioether (sulfide) groups is 1. The van der Waals surface area contributed by atoms with Crippen molar-refractivity contribution in [3.05, 3.63) is 35.7 Å². The summed E-state index contributed by atoms with van der Waals surface area (Å²) in [5, 5.41) is 8.02. The smallest absolute Gasteiger partial charge is 0.277 e. The summed E-state index contributed by atoms with van der Waals surface area (Å²) in [7, 11) is 0. The summed E-state index contributed by atoms with van der Waals surface area (Å²) < 4.78 is 18.6. The Morgan fingerprint density at radius 1 is 1.48 bits per heavy atom. The van der Waals surface area contributed by atoms with Crippen LogP contribution in [0.5, 0.6) is 0 Å². The van der Waals surface area contributed by atoms with E-state index in [2.05, 4.69) is 20.2 Å². The molecule has 3 heterocycles. The first-order valence-electron chi connectivity index (χ1n) is 7.98. The van der Waals surface area contributed by atoms with Gasteiger partial charge in [0.2, 0.25) is 11.8 Å². The van der Waals surface area contributed by atoms with Crippen LogP contribution in [0.25, 0.3) is 11.0 Å². The van der Waals surface area contributed by atoms with Gasteiger partial charge in [0.25, 0.3) is 5.22 Å². The van der Waals surface area contributed by atoms with E-state index in [9.17, 15) is 9.18 Å². The van der Waals surface area contributed by atoms with Gasteiger partial charge in [0.1, 0.15) is 11.6 Å². The van der Waals surface area contributed by atoms with Crippen LogP contribution >= 0.6 is 11.8 Å². The molecule has 9 heteroatoms. The fraction of sp³-hybridized carbons (Fsp3) is 0.375. The molecule has 0 aliphatic carbocycles. The molecule has 2 aromatic heterocycles. The number of aromatic amines is 1. The molecule has 1 amide bonds. The highest BCUT2D eigenvalue weighted by atomic mass is 32.2. The molecule has 4 rings (SSSR count). The summed E-state index contributed by atoms with van der Waals surface area (Å²) >= 11 is 1.23. The molecule has 1 aliphatic rings. The number of nitrogens with one attached hydrogen (secondary N) is 1. The summed E-state index contributed by atoms with van der Waals surface area (Å²) in [6, 6.07) is 4.32. The van der Waals surface area contributed by atoms with E-state index in [-0.39, 0.29) is 23.5 Å². The number of aromatic nitrogens is 4. The lowest BCUT2D eigenvalue weighted by Gasteiger charge is -2.22. The fourth-order valence-electron chi connectivity index (χ4n) is 3.05. The van der Waals surface area contributed by atoms with Gasteiger partial charge in [0.05, 0.1) is 22.8 Å². The van der Waals surface area contributed by atoms with Crippen molar-refractivity contribution in [3.8, 4) is 0 Å². The lowest BCUT2D eigenvalue weighted by Crippen LogP contribution is -2.32. The number of carbonyl (C=O) groups excluding carboxylic acids is 1. The molecule has 25 heavy (non-hydrogen) atoms. The molecule has 0 saturated carbocycles. The van der Waals surface area contributed by atoms with Gasteiger partial charge in [-0.15, -0.1) is 10.2 Å². The van der Waals surface area contributed by atoms with E-state index in [4.69, 9.17) is 4.42 Å². The molecule has 3 aromatic rings. The van der Waals surface area contributed by atoms with E-state index in [1.54, 1.807) is 13.0 Å². The fourth-order valence-corrected chi connectivity index (χ4v) is 3.74. The molecule has 0 radical (unpaired) electrons. The maximum Gasteiger partial charge on any atom is 0.277 e. The number of benzene rings is 1. The van der Waals surface area contributed by atoms with Crippen LogP contribution in [0.3, 0.4) is 0 Å². The van der Waals surface area contributed by atoms with Crippen LogP contribution in [0.1, 0.15) is 30.6 Å². The molecule has 1 fully saturated rings. The first kappa shape index (κ1) is 16.1. The second-order valence-electron chi connectivity index (χ2n) is 5.90. The number of nitrogens with zero attached hydrogens (tertiary/aromatic N) is 4. The Hall–Kier alpha value is -2.42. The van der Waals surface area contributed by atoms with Crippen LogP contribution in [0, 0.1) is 12.7 Å². The predicted octanol–water partition coefficient (Wildman–Crippen LogP) is 2.85. The molecule has 1 aliphatic heterocycles. The minimum absolute atomic E-state index is 0.00464. The Labute approximate surface area is 147 Å². The molecule has 0 spiro atoms. The molecular formula is C16H16FN5O2S. The van der Waals surface area contributed by atoms with Gasteiger partial charge in [-0.25, -0.2) is 9.37 Å². The van der Waals surface area contributed by atoms with Gasteiger partial charge in [-0.3, -0.25) is 4.79 Å². The van der Waals surface area contributed by atoms with Gasteiger partial charge in [0.15, 0.2) is 0 Å². The van der Waals surface area contributed by atoms with E-state index in [0.29, 0.717) is 34.5 Å². The molecular weight excluding hydrogens is 345 g/mol. The second-order valence-corrected chi connectivity index (χ2v) is 6.83. The van der Waals surface area contributed by atoms with E-state index in [0.717, 1.165) is 12.8 Å². The number of imidazole rings is 1. The summed E-state index contributed by atoms with van der Waals surface area (Å²) in [6.07, 6.45) is 1.74. The van der Waals surface area contributed by atoms with E-state index in [1.807, 2.05) is 4.90 Å². The van der Waals surface area contributed by atoms with Crippen molar-refractivity contribution in [1.82, 2.24) is 25.1 Å². The highest BCUT2D eigenvalue weighted by Crippen LogP contribution is 2.32. The van der Waals surface area contributed by atoms with Gasteiger partial charge < -0.3 is 14.3 Å². The Bertz CT molecular complexity index is 924. The van der Waals surface area contributed by atoms with E-state index < -0.39 is 0 Å². The van der Waals surface area contributed by atoms with Crippen LogP contribution in [0.15, 0.2) is 27.8 Å². The largest absolute Gasteiger partial charge is 0.416 e. The first-order valence-corrected chi connectivity index (χ1v) is 8.96. The van der Waals surface area contributed by atoms with E-state index >= 15 is 0 Å². The third kappa shape index (κ3) is 3.23. The molecule has 1 aromatic carbocycles. The Morgan fingerprint density at radius 2 is 2.36 bits per heavy atom. The molecule has 1 saturated heterocycles. The lowest BCUT2D eigenvalue weighted by atomic mass is 10.2. The Morgan fingerprint density at radius 3 is 3.16 bits per heavy atom. The predicted molar refractivity (Wildman–Crippen MR) is 89.5 cm³/mol. The van der Waals surface area contributed by atoms with Crippen LogP contribution in [-0.2, 0) is 4.79 Å². The lowest BCUT2D eigenvalue weighted by molar-refractivity contribution is -0.129. The number of aryl methyl sites for hydroxylation is 1. The number of rotatable bonds is 4. The summed E-state index contributed by atoms with van der Waals surface area (Å²) in [5.74, 6) is 1.09. The van der Waals surface area contributed by atoms with Crippen molar-refractivity contribution in [2.24, 2.45) is 0 Å². The van der Waals surface area contributed by atoms with Crippen LogP contribution in [0.4, 0.5) is 4.39 Å². The van der Waals surface area contributed by atoms with Crippen molar-refractivity contribution in [2.45, 2.75) is 31.0 Å². The molecule has 7 nitrogen and oxygen atoms in total. The van der Waals surface area contributed by atoms with Crippen molar-refractivity contribution in [2.75, 3.05) is 12.3 Å². The summed E-state index contributed by atoms with van der Waals surface area (Å²) in [4.78, 5) is 22.1. The highest BCUT2D eigenvalue weighted by Gasteiger charge is 2.32. The summed E-state index contributed by atoms with van der Waals surface area (Å²) in [6.45, 7) is 2.39. The van der Waals surface area contributed by atoms with Crippen molar-refractivity contribution < 1.29 is 13.6 Å². The minimum atomic E-state index is -0.312. The quantitative estimate of drug-likeness (QED) is 0.719. The van der Waals surface area contributed by atoms with Crippen molar-refractivity contribution in [3.63, 3.8) is 0 Å². The van der Waals surface area contributed by atoms with Crippen molar-refractivity contribution >= 4 is 28.7 Å². The zero-order chi connectivity index (χ0) is 17.4. The standard InChI is InChI=1S/C16H16FN5O2S/c1-9-20-21-16(24-9)25-8-14(23)22-6-2-3-13(22)15-18-11-5-4-10(17)7-12(11)19-15/h4-5,7,13H,2-3,6,8H2,1H3,(H,18,19)/t13-/m1/s1. The first-order chi connectivity index (χ1) is 12.1. The average Bonchev–Trinajstić information content (AvgIpc) is 3.30. The molecule has 1 N–H and O–H groups in total. The van der Waals surface area contributed by atoms with Crippen molar-refractivity contribution in [1.29, 1.82) is 0 Å². The summed E-state index contributed by atoms with van der Waals surface area (Å²) in [5.41, 5.74) is 1.34. The maximum absolute atomic E-state index is 13.4. The van der Waals surface area contributed by atoms with Gasteiger partial charge in [-0.2, -0.15) is 0 Å². The third-order valence-corrected chi connectivity index (χ3v) is 4.98. The SMILES string of the molecule is Cc1nnc(SCC(=O)N2CCC[C@@H]2c2nc3ccc(F)cc3[nH]2)o1. The number of amides is 1. The molecule has 0 bridgehead atoms. The van der Waals surface area contributed by atoms with Crippen LogP contribution < -0.4 is 0 Å². The highest BCUT2D eigenvalue weighted by molar-refractivity contribution is 7.99. The maximum atomic E-state index is 13.4.